The van der Waals surface area contributed by atoms with Crippen LogP contribution in [-0.4, -0.2) is 23.7 Å². The number of benzene rings is 1. The molecule has 0 aliphatic heterocycles. The molecular formula is C13H11ClF2N2O. The van der Waals surface area contributed by atoms with E-state index in [1.54, 1.807) is 24.3 Å². The zero-order valence-electron chi connectivity index (χ0n) is 10.1. The highest BCUT2D eigenvalue weighted by Gasteiger charge is 2.33. The van der Waals surface area contributed by atoms with Gasteiger partial charge in [0.15, 0.2) is 10.8 Å². The average molecular weight is 285 g/mol. The molecule has 0 N–H and O–H groups in total. The highest BCUT2D eigenvalue weighted by Crippen LogP contribution is 2.33. The summed E-state index contributed by atoms with van der Waals surface area (Å²) in [6.45, 7) is 0.0915. The summed E-state index contributed by atoms with van der Waals surface area (Å²) in [5, 5.41) is -0.300. The lowest BCUT2D eigenvalue weighted by atomic mass is 10.2. The minimum absolute atomic E-state index is 0.0915. The maximum Gasteiger partial charge on any atom is 0.311 e. The zero-order chi connectivity index (χ0) is 13.9. The summed E-state index contributed by atoms with van der Waals surface area (Å²) in [5.41, 5.74) is 0.301. The predicted octanol–water partition coefficient (Wildman–Crippen LogP) is 3.58. The molecule has 1 aromatic heterocycles. The molecule has 2 aromatic rings. The van der Waals surface area contributed by atoms with Crippen LogP contribution in [0.4, 0.5) is 8.78 Å². The fourth-order valence-electron chi connectivity index (χ4n) is 1.56. The van der Waals surface area contributed by atoms with E-state index in [9.17, 15) is 8.78 Å². The molecule has 0 unspecified atom stereocenters. The molecule has 0 amide bonds. The number of methoxy groups -OCH3 is 1. The molecule has 6 heteroatoms. The SMILES string of the molecule is COC/C=C/C(F)(F)c1nc2ccccc2nc1Cl. The lowest BCUT2D eigenvalue weighted by Gasteiger charge is -2.13. The first-order valence-electron chi connectivity index (χ1n) is 5.52. The monoisotopic (exact) mass is 284 g/mol. The van der Waals surface area contributed by atoms with E-state index in [0.29, 0.717) is 17.1 Å². The van der Waals surface area contributed by atoms with Gasteiger partial charge in [0, 0.05) is 7.11 Å². The van der Waals surface area contributed by atoms with Gasteiger partial charge in [0.1, 0.15) is 0 Å². The molecule has 3 nitrogen and oxygen atoms in total. The van der Waals surface area contributed by atoms with Crippen LogP contribution in [0.5, 0.6) is 0 Å². The van der Waals surface area contributed by atoms with E-state index in [1.807, 2.05) is 0 Å². The Balaban J connectivity index is 2.46. The Hall–Kier alpha value is -1.59. The van der Waals surface area contributed by atoms with Gasteiger partial charge in [-0.2, -0.15) is 8.78 Å². The van der Waals surface area contributed by atoms with Crippen molar-refractivity contribution < 1.29 is 13.5 Å². The number of allylic oxidation sites excluding steroid dienone is 1. The Kier molecular flexibility index (Phi) is 4.07. The highest BCUT2D eigenvalue weighted by atomic mass is 35.5. The van der Waals surface area contributed by atoms with Crippen LogP contribution in [0.25, 0.3) is 11.0 Å². The third-order valence-electron chi connectivity index (χ3n) is 2.43. The summed E-state index contributed by atoms with van der Waals surface area (Å²) < 4.78 is 32.6. The van der Waals surface area contributed by atoms with E-state index in [2.05, 4.69) is 14.7 Å². The number of ether oxygens (including phenoxy) is 1. The largest absolute Gasteiger partial charge is 0.381 e. The molecule has 19 heavy (non-hydrogen) atoms. The van der Waals surface area contributed by atoms with Crippen molar-refractivity contribution in [2.45, 2.75) is 5.92 Å². The Labute approximate surface area is 113 Å². The lowest BCUT2D eigenvalue weighted by molar-refractivity contribution is 0.0464. The van der Waals surface area contributed by atoms with Crippen LogP contribution in [0.2, 0.25) is 5.15 Å². The van der Waals surface area contributed by atoms with Crippen LogP contribution in [-0.2, 0) is 10.7 Å². The second-order valence-electron chi connectivity index (χ2n) is 3.83. The number of halogens is 3. The van der Waals surface area contributed by atoms with Crippen LogP contribution < -0.4 is 0 Å². The molecule has 0 spiro atoms. The number of rotatable bonds is 4. The third-order valence-corrected chi connectivity index (χ3v) is 2.70. The molecule has 0 bridgehead atoms. The quantitative estimate of drug-likeness (QED) is 0.805. The molecule has 1 aromatic carbocycles. The van der Waals surface area contributed by atoms with E-state index in [0.717, 1.165) is 0 Å². The Morgan fingerprint density at radius 3 is 2.53 bits per heavy atom. The molecule has 0 aliphatic carbocycles. The van der Waals surface area contributed by atoms with E-state index >= 15 is 0 Å². The van der Waals surface area contributed by atoms with Crippen LogP contribution in [0.3, 0.4) is 0 Å². The minimum atomic E-state index is -3.29. The molecule has 0 saturated carbocycles. The Morgan fingerprint density at radius 1 is 1.26 bits per heavy atom. The maximum absolute atomic E-state index is 13.9. The van der Waals surface area contributed by atoms with Crippen LogP contribution >= 0.6 is 11.6 Å². The van der Waals surface area contributed by atoms with Gasteiger partial charge in [-0.05, 0) is 18.2 Å². The van der Waals surface area contributed by atoms with Crippen LogP contribution in [0, 0.1) is 0 Å². The summed E-state index contributed by atoms with van der Waals surface area (Å²) in [4.78, 5) is 7.82. The van der Waals surface area contributed by atoms with E-state index in [-0.39, 0.29) is 11.8 Å². The van der Waals surface area contributed by atoms with Gasteiger partial charge in [-0.3, -0.25) is 0 Å². The lowest BCUT2D eigenvalue weighted by Crippen LogP contribution is -2.14. The van der Waals surface area contributed by atoms with Crippen molar-refractivity contribution in [2.75, 3.05) is 13.7 Å². The summed E-state index contributed by atoms with van der Waals surface area (Å²) in [7, 11) is 1.42. The van der Waals surface area contributed by atoms with Crippen molar-refractivity contribution in [3.05, 3.63) is 47.3 Å². The summed E-state index contributed by atoms with van der Waals surface area (Å²) in [6, 6.07) is 6.71. The zero-order valence-corrected chi connectivity index (χ0v) is 10.9. The maximum atomic E-state index is 13.9. The standard InChI is InChI=1S/C13H11ClF2N2O/c1-19-8-4-7-13(15,16)11-12(14)18-10-6-3-2-5-9(10)17-11/h2-7H,8H2,1H3/b7-4+. The molecule has 100 valence electrons. The van der Waals surface area contributed by atoms with Gasteiger partial charge in [0.25, 0.3) is 0 Å². The summed E-state index contributed by atoms with van der Waals surface area (Å²) in [6.07, 6.45) is 1.92. The van der Waals surface area contributed by atoms with Crippen molar-refractivity contribution in [1.82, 2.24) is 9.97 Å². The molecular weight excluding hydrogens is 274 g/mol. The summed E-state index contributed by atoms with van der Waals surface area (Å²) >= 11 is 5.78. The topological polar surface area (TPSA) is 35.0 Å². The number of alkyl halides is 2. The van der Waals surface area contributed by atoms with Crippen LogP contribution in [0.15, 0.2) is 36.4 Å². The normalized spacial score (nSPS) is 12.4. The number of aromatic nitrogens is 2. The van der Waals surface area contributed by atoms with Crippen LogP contribution in [0.1, 0.15) is 5.69 Å². The van der Waals surface area contributed by atoms with Gasteiger partial charge >= 0.3 is 5.92 Å². The van der Waals surface area contributed by atoms with Crippen molar-refractivity contribution in [1.29, 1.82) is 0 Å². The molecule has 0 atom stereocenters. The van der Waals surface area contributed by atoms with Crippen molar-refractivity contribution in [3.63, 3.8) is 0 Å². The number of hydrogen-bond donors (Lipinski definition) is 0. The number of nitrogens with zero attached hydrogens (tertiary/aromatic N) is 2. The van der Waals surface area contributed by atoms with Gasteiger partial charge in [-0.25, -0.2) is 9.97 Å². The molecule has 2 rings (SSSR count). The fraction of sp³-hybridized carbons (Fsp3) is 0.231. The van der Waals surface area contributed by atoms with Gasteiger partial charge in [0.05, 0.1) is 17.6 Å². The van der Waals surface area contributed by atoms with Gasteiger partial charge in [-0.15, -0.1) is 0 Å². The van der Waals surface area contributed by atoms with E-state index < -0.39 is 11.6 Å². The minimum Gasteiger partial charge on any atom is -0.381 e. The van der Waals surface area contributed by atoms with Gasteiger partial charge in [0.2, 0.25) is 0 Å². The Bertz CT molecular complexity index is 617. The summed E-state index contributed by atoms with van der Waals surface area (Å²) in [5.74, 6) is -3.29. The van der Waals surface area contributed by atoms with E-state index in [1.165, 1.54) is 13.2 Å². The fourth-order valence-corrected chi connectivity index (χ4v) is 1.82. The predicted molar refractivity (Wildman–Crippen MR) is 69.5 cm³/mol. The van der Waals surface area contributed by atoms with E-state index in [4.69, 9.17) is 11.6 Å². The number of fused-ring (bicyclic) bond motifs is 1. The average Bonchev–Trinajstić information content (AvgIpc) is 2.38. The highest BCUT2D eigenvalue weighted by molar-refractivity contribution is 6.30. The molecule has 0 saturated heterocycles. The molecule has 0 aliphatic rings. The number of para-hydroxylation sites is 2. The molecule has 0 fully saturated rings. The molecule has 1 heterocycles. The first kappa shape index (κ1) is 13.8. The van der Waals surface area contributed by atoms with Crippen molar-refractivity contribution in [3.8, 4) is 0 Å². The first-order chi connectivity index (χ1) is 9.04. The second-order valence-corrected chi connectivity index (χ2v) is 4.19. The van der Waals surface area contributed by atoms with Crippen molar-refractivity contribution in [2.24, 2.45) is 0 Å². The first-order valence-corrected chi connectivity index (χ1v) is 5.89. The Morgan fingerprint density at radius 2 is 1.89 bits per heavy atom. The molecule has 0 radical (unpaired) electrons. The second kappa shape index (κ2) is 5.59. The van der Waals surface area contributed by atoms with Gasteiger partial charge < -0.3 is 4.74 Å². The smallest absolute Gasteiger partial charge is 0.311 e. The van der Waals surface area contributed by atoms with Crippen molar-refractivity contribution >= 4 is 22.6 Å². The number of hydrogen-bond acceptors (Lipinski definition) is 3. The third kappa shape index (κ3) is 3.05. The van der Waals surface area contributed by atoms with Gasteiger partial charge in [-0.1, -0.05) is 29.8 Å².